The van der Waals surface area contributed by atoms with Gasteiger partial charge in [0.15, 0.2) is 0 Å². The van der Waals surface area contributed by atoms with Crippen LogP contribution in [0.1, 0.15) is 12.0 Å². The molecule has 1 aromatic rings. The van der Waals surface area contributed by atoms with Gasteiger partial charge in [0.05, 0.1) is 13.2 Å². The predicted molar refractivity (Wildman–Crippen MR) is 56.4 cm³/mol. The quantitative estimate of drug-likeness (QED) is 0.249. The first-order valence-corrected chi connectivity index (χ1v) is 6.13. The molecule has 0 fully saturated rings. The second-order valence-corrected chi connectivity index (χ2v) is 4.17. The summed E-state index contributed by atoms with van der Waals surface area (Å²) in [5, 5.41) is 0. The summed E-state index contributed by atoms with van der Waals surface area (Å²) < 4.78 is 39.5. The molecule has 0 N–H and O–H groups in total. The Morgan fingerprint density at radius 3 is 2.35 bits per heavy atom. The third-order valence-electron chi connectivity index (χ3n) is 1.77. The molecule has 7 heteroatoms. The fourth-order valence-electron chi connectivity index (χ4n) is 1.09. The van der Waals surface area contributed by atoms with Gasteiger partial charge < -0.3 is 9.29 Å². The van der Waals surface area contributed by atoms with Crippen molar-refractivity contribution in [2.45, 2.75) is 13.0 Å². The average Bonchev–Trinajstić information content (AvgIpc) is 2.23. The summed E-state index contributed by atoms with van der Waals surface area (Å²) in [4.78, 5) is 0. The molecule has 5 nitrogen and oxygen atoms in total. The van der Waals surface area contributed by atoms with Gasteiger partial charge in [-0.05, 0) is 12.0 Å². The van der Waals surface area contributed by atoms with Gasteiger partial charge in [0.2, 0.25) is 10.4 Å². The summed E-state index contributed by atoms with van der Waals surface area (Å²) in [7, 11) is -4.57. The first-order valence-electron chi connectivity index (χ1n) is 4.80. The molecule has 0 saturated heterocycles. The van der Waals surface area contributed by atoms with E-state index in [0.717, 1.165) is 5.56 Å². The number of benzene rings is 1. The SMILES string of the molecule is O=S(=O)([O-])OCCCOCc1ccccc1.[Na+]. The van der Waals surface area contributed by atoms with E-state index >= 15 is 0 Å². The molecule has 0 aliphatic heterocycles. The second-order valence-electron chi connectivity index (χ2n) is 3.12. The summed E-state index contributed by atoms with van der Waals surface area (Å²) >= 11 is 0. The van der Waals surface area contributed by atoms with Crippen LogP contribution in [0.25, 0.3) is 0 Å². The van der Waals surface area contributed by atoms with E-state index in [1.807, 2.05) is 30.3 Å². The molecule has 0 heterocycles. The molecule has 17 heavy (non-hydrogen) atoms. The van der Waals surface area contributed by atoms with Crippen molar-refractivity contribution in [3.8, 4) is 0 Å². The zero-order chi connectivity index (χ0) is 11.9. The molecule has 0 aromatic heterocycles. The largest absolute Gasteiger partial charge is 1.00 e. The van der Waals surface area contributed by atoms with Gasteiger partial charge in [0.25, 0.3) is 0 Å². The van der Waals surface area contributed by atoms with Crippen molar-refractivity contribution in [1.29, 1.82) is 0 Å². The van der Waals surface area contributed by atoms with Gasteiger partial charge in [0.1, 0.15) is 0 Å². The van der Waals surface area contributed by atoms with E-state index in [4.69, 9.17) is 4.74 Å². The Morgan fingerprint density at radius 1 is 1.12 bits per heavy atom. The molecule has 0 saturated carbocycles. The van der Waals surface area contributed by atoms with Gasteiger partial charge in [0, 0.05) is 6.61 Å². The molecular weight excluding hydrogens is 255 g/mol. The molecule has 0 radical (unpaired) electrons. The maximum absolute atomic E-state index is 10.1. The van der Waals surface area contributed by atoms with Crippen molar-refractivity contribution in [3.63, 3.8) is 0 Å². The van der Waals surface area contributed by atoms with Crippen LogP contribution in [0.5, 0.6) is 0 Å². The molecule has 0 spiro atoms. The Morgan fingerprint density at radius 2 is 1.76 bits per heavy atom. The van der Waals surface area contributed by atoms with E-state index < -0.39 is 10.4 Å². The molecular formula is C10H13NaO5S. The van der Waals surface area contributed by atoms with Crippen LogP contribution in [0.2, 0.25) is 0 Å². The predicted octanol–water partition coefficient (Wildman–Crippen LogP) is -1.93. The Labute approximate surface area is 123 Å². The molecule has 0 amide bonds. The Kier molecular flexibility index (Phi) is 9.07. The van der Waals surface area contributed by atoms with Crippen LogP contribution >= 0.6 is 0 Å². The first-order chi connectivity index (χ1) is 7.58. The number of ether oxygens (including phenoxy) is 1. The minimum atomic E-state index is -4.57. The van der Waals surface area contributed by atoms with Crippen LogP contribution in [0, 0.1) is 0 Å². The molecule has 1 rings (SSSR count). The summed E-state index contributed by atoms with van der Waals surface area (Å²) in [6.45, 7) is 0.677. The van der Waals surface area contributed by atoms with Crippen molar-refractivity contribution in [2.75, 3.05) is 13.2 Å². The van der Waals surface area contributed by atoms with Crippen molar-refractivity contribution in [1.82, 2.24) is 0 Å². The number of hydrogen-bond acceptors (Lipinski definition) is 5. The molecule has 1 aromatic carbocycles. The van der Waals surface area contributed by atoms with E-state index in [2.05, 4.69) is 4.18 Å². The Hall–Kier alpha value is 0.0500. The topological polar surface area (TPSA) is 75.7 Å². The van der Waals surface area contributed by atoms with E-state index in [0.29, 0.717) is 19.6 Å². The van der Waals surface area contributed by atoms with Crippen LogP contribution in [0.3, 0.4) is 0 Å². The van der Waals surface area contributed by atoms with Crippen LogP contribution in [0.4, 0.5) is 0 Å². The van der Waals surface area contributed by atoms with Crippen molar-refractivity contribution in [3.05, 3.63) is 35.9 Å². The minimum Gasteiger partial charge on any atom is -0.726 e. The third kappa shape index (κ3) is 9.72. The maximum atomic E-state index is 10.1. The minimum absolute atomic E-state index is 0. The summed E-state index contributed by atoms with van der Waals surface area (Å²) in [5.74, 6) is 0. The summed E-state index contributed by atoms with van der Waals surface area (Å²) in [5.41, 5.74) is 1.04. The normalized spacial score (nSPS) is 10.9. The monoisotopic (exact) mass is 268 g/mol. The number of rotatable bonds is 7. The fraction of sp³-hybridized carbons (Fsp3) is 0.400. The van der Waals surface area contributed by atoms with E-state index in [-0.39, 0.29) is 36.2 Å². The van der Waals surface area contributed by atoms with Crippen LogP contribution in [-0.2, 0) is 25.9 Å². The average molecular weight is 268 g/mol. The van der Waals surface area contributed by atoms with Crippen molar-refractivity contribution >= 4 is 10.4 Å². The van der Waals surface area contributed by atoms with E-state index in [1.165, 1.54) is 0 Å². The maximum Gasteiger partial charge on any atom is 1.00 e. The van der Waals surface area contributed by atoms with Gasteiger partial charge in [-0.15, -0.1) is 0 Å². The Balaban J connectivity index is 0.00000256. The molecule has 0 bridgehead atoms. The summed E-state index contributed by atoms with van der Waals surface area (Å²) in [6, 6.07) is 9.59. The molecule has 0 atom stereocenters. The van der Waals surface area contributed by atoms with Gasteiger partial charge in [-0.2, -0.15) is 0 Å². The van der Waals surface area contributed by atoms with Gasteiger partial charge in [-0.1, -0.05) is 30.3 Å². The van der Waals surface area contributed by atoms with Crippen LogP contribution < -0.4 is 29.6 Å². The zero-order valence-electron chi connectivity index (χ0n) is 9.66. The third-order valence-corrected chi connectivity index (χ3v) is 2.23. The standard InChI is InChI=1S/C10H14O5S.Na/c11-16(12,13)15-8-4-7-14-9-10-5-2-1-3-6-10;/h1-3,5-6H,4,7-9H2,(H,11,12,13);/q;+1/p-1. The smallest absolute Gasteiger partial charge is 0.726 e. The van der Waals surface area contributed by atoms with Gasteiger partial charge in [-0.25, -0.2) is 8.42 Å². The van der Waals surface area contributed by atoms with Crippen LogP contribution in [0.15, 0.2) is 30.3 Å². The Bertz CT molecular complexity index is 392. The van der Waals surface area contributed by atoms with Gasteiger partial charge >= 0.3 is 29.6 Å². The molecule has 0 aliphatic rings. The van der Waals surface area contributed by atoms with E-state index in [1.54, 1.807) is 0 Å². The first kappa shape index (κ1) is 17.1. The van der Waals surface area contributed by atoms with Crippen LogP contribution in [-0.4, -0.2) is 26.2 Å². The molecule has 0 unspecified atom stereocenters. The summed E-state index contributed by atoms with van der Waals surface area (Å²) in [6.07, 6.45) is 0.369. The zero-order valence-corrected chi connectivity index (χ0v) is 12.5. The number of hydrogen-bond donors (Lipinski definition) is 0. The molecule has 90 valence electrons. The fourth-order valence-corrected chi connectivity index (χ4v) is 1.41. The van der Waals surface area contributed by atoms with Crippen molar-refractivity contribution in [2.24, 2.45) is 0 Å². The van der Waals surface area contributed by atoms with Gasteiger partial charge in [-0.3, -0.25) is 4.18 Å². The second kappa shape index (κ2) is 9.04. The molecule has 0 aliphatic carbocycles. The van der Waals surface area contributed by atoms with E-state index in [9.17, 15) is 13.0 Å². The van der Waals surface area contributed by atoms with Crippen molar-refractivity contribution < 1.29 is 51.4 Å².